The van der Waals surface area contributed by atoms with Gasteiger partial charge in [-0.1, -0.05) is 43.2 Å². The molecule has 1 aliphatic heterocycles. The van der Waals surface area contributed by atoms with Gasteiger partial charge in [0.1, 0.15) is 6.10 Å². The molecular formula is C30H38N2O9. The number of rotatable bonds is 10. The lowest BCUT2D eigenvalue weighted by Crippen LogP contribution is -2.47. The van der Waals surface area contributed by atoms with Gasteiger partial charge in [0.25, 0.3) is 5.91 Å². The minimum atomic E-state index is -1.11. The summed E-state index contributed by atoms with van der Waals surface area (Å²) in [5.41, 5.74) is 0.982. The number of methoxy groups -OCH3 is 1. The number of cyclic esters (lactones) is 1. The number of hydrogen-bond acceptors (Lipinski definition) is 10. The average molecular weight is 571 g/mol. The van der Waals surface area contributed by atoms with E-state index in [9.17, 15) is 14.4 Å². The van der Waals surface area contributed by atoms with Crippen LogP contribution in [-0.4, -0.2) is 74.3 Å². The van der Waals surface area contributed by atoms with Crippen molar-refractivity contribution in [2.45, 2.75) is 70.3 Å². The molecule has 1 saturated carbocycles. The van der Waals surface area contributed by atoms with E-state index in [1.807, 2.05) is 25.1 Å². The first kappa shape index (κ1) is 30.3. The first-order valence-electron chi connectivity index (χ1n) is 13.9. The SMILES string of the molecule is COc1ccnc(C(=O)N[C@H]2COC[C@H](Cc3ccccc3)[C@@H](OC3CCCC3)[C@H](C)OC2=O)c1OCOC(C)=O. The first-order chi connectivity index (χ1) is 19.9. The van der Waals surface area contributed by atoms with E-state index in [-0.39, 0.29) is 41.9 Å². The number of carbonyl (C=O) groups is 3. The summed E-state index contributed by atoms with van der Waals surface area (Å²) >= 11 is 0. The van der Waals surface area contributed by atoms with Gasteiger partial charge in [-0.2, -0.15) is 0 Å². The van der Waals surface area contributed by atoms with Crippen LogP contribution in [0.3, 0.4) is 0 Å². The van der Waals surface area contributed by atoms with Crippen LogP contribution in [-0.2, 0) is 35.0 Å². The fourth-order valence-corrected chi connectivity index (χ4v) is 5.17. The molecule has 1 aromatic carbocycles. The number of hydrogen-bond donors (Lipinski definition) is 1. The van der Waals surface area contributed by atoms with E-state index in [1.54, 1.807) is 0 Å². The van der Waals surface area contributed by atoms with Gasteiger partial charge in [0.2, 0.25) is 6.79 Å². The van der Waals surface area contributed by atoms with Gasteiger partial charge in [-0.05, 0) is 31.7 Å². The molecule has 0 unspecified atom stereocenters. The quantitative estimate of drug-likeness (QED) is 0.335. The molecule has 2 aromatic rings. The van der Waals surface area contributed by atoms with Gasteiger partial charge >= 0.3 is 11.9 Å². The van der Waals surface area contributed by atoms with Crippen LogP contribution < -0.4 is 14.8 Å². The van der Waals surface area contributed by atoms with Crippen molar-refractivity contribution in [1.29, 1.82) is 0 Å². The van der Waals surface area contributed by atoms with Crippen molar-refractivity contribution in [2.24, 2.45) is 5.92 Å². The molecular weight excluding hydrogens is 532 g/mol. The van der Waals surface area contributed by atoms with E-state index in [4.69, 9.17) is 28.4 Å². The zero-order valence-corrected chi connectivity index (χ0v) is 23.7. The molecule has 4 atom stereocenters. The summed E-state index contributed by atoms with van der Waals surface area (Å²) in [6.45, 7) is 2.81. The second-order valence-corrected chi connectivity index (χ2v) is 10.3. The average Bonchev–Trinajstić information content (AvgIpc) is 3.49. The highest BCUT2D eigenvalue weighted by Crippen LogP contribution is 2.31. The maximum atomic E-state index is 13.3. The Morgan fingerprint density at radius 3 is 2.56 bits per heavy atom. The second kappa shape index (κ2) is 14.8. The lowest BCUT2D eigenvalue weighted by Gasteiger charge is -2.33. The largest absolute Gasteiger partial charge is 0.493 e. The predicted octanol–water partition coefficient (Wildman–Crippen LogP) is 3.24. The van der Waals surface area contributed by atoms with Gasteiger partial charge < -0.3 is 33.7 Å². The number of nitrogens with zero attached hydrogens (tertiary/aromatic N) is 1. The molecule has 4 rings (SSSR count). The van der Waals surface area contributed by atoms with Crippen LogP contribution in [0.2, 0.25) is 0 Å². The topological polar surface area (TPSA) is 132 Å². The number of aromatic nitrogens is 1. The fraction of sp³-hybridized carbons (Fsp3) is 0.533. The van der Waals surface area contributed by atoms with Crippen molar-refractivity contribution in [3.63, 3.8) is 0 Å². The van der Waals surface area contributed by atoms with E-state index < -0.39 is 36.8 Å². The zero-order chi connectivity index (χ0) is 29.2. The third-order valence-electron chi connectivity index (χ3n) is 7.20. The lowest BCUT2D eigenvalue weighted by molar-refractivity contribution is -0.164. The van der Waals surface area contributed by atoms with E-state index in [0.717, 1.165) is 31.2 Å². The molecule has 11 heteroatoms. The van der Waals surface area contributed by atoms with Crippen LogP contribution in [0.4, 0.5) is 0 Å². The molecule has 41 heavy (non-hydrogen) atoms. The third-order valence-corrected chi connectivity index (χ3v) is 7.20. The van der Waals surface area contributed by atoms with Gasteiger partial charge in [0.15, 0.2) is 23.2 Å². The predicted molar refractivity (Wildman–Crippen MR) is 146 cm³/mol. The highest BCUT2D eigenvalue weighted by Gasteiger charge is 2.37. The molecule has 0 radical (unpaired) electrons. The molecule has 2 fully saturated rings. The summed E-state index contributed by atoms with van der Waals surface area (Å²) in [4.78, 5) is 41.9. The van der Waals surface area contributed by atoms with Crippen molar-refractivity contribution in [1.82, 2.24) is 10.3 Å². The summed E-state index contributed by atoms with van der Waals surface area (Å²) < 4.78 is 34.1. The highest BCUT2D eigenvalue weighted by molar-refractivity contribution is 5.98. The molecule has 222 valence electrons. The maximum absolute atomic E-state index is 13.3. The number of ether oxygens (including phenoxy) is 6. The normalized spacial score (nSPS) is 23.4. The van der Waals surface area contributed by atoms with Crippen molar-refractivity contribution in [3.05, 3.63) is 53.9 Å². The Bertz CT molecular complexity index is 1170. The number of carbonyl (C=O) groups excluding carboxylic acids is 3. The summed E-state index contributed by atoms with van der Waals surface area (Å²) in [5, 5.41) is 2.66. The Morgan fingerprint density at radius 1 is 1.10 bits per heavy atom. The van der Waals surface area contributed by atoms with Crippen LogP contribution in [0, 0.1) is 5.92 Å². The maximum Gasteiger partial charge on any atom is 0.331 e. The standard InChI is InChI=1S/C30H38N2O9/c1-19-27(41-23-11-7-8-12-23)22(15-21-9-5-4-6-10-21)16-37-17-24(30(35)40-19)32-29(34)26-28(39-18-38-20(2)33)25(36-3)13-14-31-26/h4-6,9-10,13-14,19,22-24,27H,7-8,11-12,15-18H2,1-3H3,(H,32,34)/t19-,22-,24-,27-/m0/s1. The molecule has 2 aliphatic rings. The Hall–Kier alpha value is -3.70. The minimum absolute atomic E-state index is 0.0348. The molecule has 11 nitrogen and oxygen atoms in total. The molecule has 1 saturated heterocycles. The third kappa shape index (κ3) is 8.40. The molecule has 2 heterocycles. The van der Waals surface area contributed by atoms with E-state index >= 15 is 0 Å². The first-order valence-corrected chi connectivity index (χ1v) is 13.9. The summed E-state index contributed by atoms with van der Waals surface area (Å²) in [6.07, 6.45) is 5.40. The van der Waals surface area contributed by atoms with Crippen LogP contribution >= 0.6 is 0 Å². The number of pyridine rings is 1. The van der Waals surface area contributed by atoms with E-state index in [1.165, 1.54) is 26.3 Å². The molecule has 0 bridgehead atoms. The summed E-state index contributed by atoms with van der Waals surface area (Å²) in [6, 6.07) is 10.5. The highest BCUT2D eigenvalue weighted by atomic mass is 16.7. The molecule has 1 aliphatic carbocycles. The van der Waals surface area contributed by atoms with Crippen molar-refractivity contribution < 1.29 is 42.8 Å². The van der Waals surface area contributed by atoms with Gasteiger partial charge in [-0.15, -0.1) is 0 Å². The number of amides is 1. The molecule has 1 amide bonds. The van der Waals surface area contributed by atoms with Crippen molar-refractivity contribution >= 4 is 17.8 Å². The molecule has 1 N–H and O–H groups in total. The van der Waals surface area contributed by atoms with E-state index in [2.05, 4.69) is 22.4 Å². The summed E-state index contributed by atoms with van der Waals surface area (Å²) in [5.74, 6) is -1.81. The van der Waals surface area contributed by atoms with Crippen molar-refractivity contribution in [2.75, 3.05) is 27.1 Å². The molecule has 0 spiro atoms. The zero-order valence-electron chi connectivity index (χ0n) is 23.7. The van der Waals surface area contributed by atoms with Gasteiger partial charge in [0, 0.05) is 25.1 Å². The Morgan fingerprint density at radius 2 is 1.85 bits per heavy atom. The smallest absolute Gasteiger partial charge is 0.331 e. The fourth-order valence-electron chi connectivity index (χ4n) is 5.17. The Balaban J connectivity index is 1.51. The van der Waals surface area contributed by atoms with E-state index in [0.29, 0.717) is 13.0 Å². The van der Waals surface area contributed by atoms with Crippen LogP contribution in [0.1, 0.15) is 55.6 Å². The summed E-state index contributed by atoms with van der Waals surface area (Å²) in [7, 11) is 1.40. The Kier molecular flexibility index (Phi) is 10.9. The lowest BCUT2D eigenvalue weighted by atomic mass is 9.91. The number of benzene rings is 1. The van der Waals surface area contributed by atoms with Crippen molar-refractivity contribution in [3.8, 4) is 11.5 Å². The number of nitrogens with one attached hydrogen (secondary N) is 1. The molecule has 1 aromatic heterocycles. The van der Waals surface area contributed by atoms with Crippen LogP contribution in [0.25, 0.3) is 0 Å². The van der Waals surface area contributed by atoms with Gasteiger partial charge in [-0.25, -0.2) is 9.78 Å². The van der Waals surface area contributed by atoms with Gasteiger partial charge in [-0.3, -0.25) is 9.59 Å². The second-order valence-electron chi connectivity index (χ2n) is 10.3. The van der Waals surface area contributed by atoms with Crippen LogP contribution in [0.15, 0.2) is 42.6 Å². The Labute approximate surface area is 239 Å². The monoisotopic (exact) mass is 570 g/mol. The van der Waals surface area contributed by atoms with Gasteiger partial charge in [0.05, 0.1) is 32.5 Å². The van der Waals surface area contributed by atoms with Crippen LogP contribution in [0.5, 0.6) is 11.5 Å². The number of esters is 2. The minimum Gasteiger partial charge on any atom is -0.493 e.